The molecule has 0 saturated carbocycles. The van der Waals surface area contributed by atoms with Crippen molar-refractivity contribution in [2.45, 2.75) is 25.7 Å². The first-order valence-corrected chi connectivity index (χ1v) is 15.6. The highest BCUT2D eigenvalue weighted by atomic mass is 16.5. The molecule has 3 amide bonds. The quantitative estimate of drug-likeness (QED) is 0.197. The molecular formula is C38H32N2O7. The highest BCUT2D eigenvalue weighted by molar-refractivity contribution is 6.23. The third kappa shape index (κ3) is 5.27. The van der Waals surface area contributed by atoms with Crippen LogP contribution in [-0.4, -0.2) is 42.9 Å². The van der Waals surface area contributed by atoms with Crippen LogP contribution in [0.25, 0.3) is 0 Å². The van der Waals surface area contributed by atoms with Crippen molar-refractivity contribution >= 4 is 41.0 Å². The van der Waals surface area contributed by atoms with Crippen LogP contribution in [0, 0.1) is 17.8 Å². The van der Waals surface area contributed by atoms with Crippen molar-refractivity contribution in [2.24, 2.45) is 17.8 Å². The first-order valence-electron chi connectivity index (χ1n) is 15.6. The van der Waals surface area contributed by atoms with E-state index < -0.39 is 36.3 Å². The molecule has 4 aromatic rings. The molecule has 0 aromatic heterocycles. The smallest absolute Gasteiger partial charge is 0.338 e. The maximum absolute atomic E-state index is 14.0. The van der Waals surface area contributed by atoms with Crippen molar-refractivity contribution < 1.29 is 33.4 Å². The number of hydrogen-bond acceptors (Lipinski definition) is 7. The number of rotatable bonds is 8. The molecule has 9 nitrogen and oxygen atoms in total. The second-order valence-electron chi connectivity index (χ2n) is 12.5. The zero-order valence-electron chi connectivity index (χ0n) is 25.8. The molecule has 1 N–H and O–H groups in total. The van der Waals surface area contributed by atoms with Crippen molar-refractivity contribution in [1.82, 2.24) is 0 Å². The van der Waals surface area contributed by atoms with Gasteiger partial charge in [0.1, 0.15) is 0 Å². The number of esters is 2. The van der Waals surface area contributed by atoms with Crippen LogP contribution >= 0.6 is 0 Å². The number of amides is 3. The van der Waals surface area contributed by atoms with Crippen molar-refractivity contribution in [3.05, 3.63) is 130 Å². The SMILES string of the molecule is CC(C)COC(=O)c1ccc(NC(=O)COC(=O)c2ccc(N3C(=O)[C@@H]4C5c6ccccc6C(c6ccccc65)[C@@H]4C3=O)cc2)cc1. The van der Waals surface area contributed by atoms with Crippen LogP contribution in [-0.2, 0) is 23.9 Å². The first kappa shape index (κ1) is 30.1. The average Bonchev–Trinajstić information content (AvgIpc) is 3.36. The van der Waals surface area contributed by atoms with Gasteiger partial charge in [-0.1, -0.05) is 62.4 Å². The molecule has 8 rings (SSSR count). The summed E-state index contributed by atoms with van der Waals surface area (Å²) in [5, 5.41) is 2.62. The van der Waals surface area contributed by atoms with Gasteiger partial charge in [-0.05, 0) is 76.7 Å². The molecule has 9 heteroatoms. The Morgan fingerprint density at radius 1 is 0.660 bits per heavy atom. The molecule has 1 saturated heterocycles. The van der Waals surface area contributed by atoms with E-state index in [1.807, 2.05) is 38.1 Å². The van der Waals surface area contributed by atoms with Crippen LogP contribution in [0.2, 0.25) is 0 Å². The van der Waals surface area contributed by atoms with Crippen LogP contribution in [0.15, 0.2) is 97.1 Å². The predicted octanol–water partition coefficient (Wildman–Crippen LogP) is 5.69. The highest BCUT2D eigenvalue weighted by Gasteiger charge is 2.61. The Kier molecular flexibility index (Phi) is 7.67. The Morgan fingerprint density at radius 3 is 1.57 bits per heavy atom. The number of carbonyl (C=O) groups excluding carboxylic acids is 5. The third-order valence-corrected chi connectivity index (χ3v) is 9.10. The lowest BCUT2D eigenvalue weighted by atomic mass is 9.55. The summed E-state index contributed by atoms with van der Waals surface area (Å²) >= 11 is 0. The summed E-state index contributed by atoms with van der Waals surface area (Å²) in [5.41, 5.74) is 5.73. The van der Waals surface area contributed by atoms with Gasteiger partial charge in [-0.2, -0.15) is 0 Å². The number of anilines is 2. The number of ether oxygens (including phenoxy) is 2. The lowest BCUT2D eigenvalue weighted by molar-refractivity contribution is -0.122. The van der Waals surface area contributed by atoms with E-state index >= 15 is 0 Å². The van der Waals surface area contributed by atoms with E-state index in [4.69, 9.17) is 9.47 Å². The standard InChI is InChI=1S/C38H32N2O7/c1-21(2)19-46-37(44)22-11-15-24(16-12-22)39-30(41)20-47-38(45)23-13-17-25(18-14-23)40-35(42)33-31-26-7-3-4-8-27(26)32(34(33)36(40)43)29-10-6-5-9-28(29)31/h3-18,21,31-34H,19-20H2,1-2H3,(H,39,41)/t31?,32?,33-,34+. The normalized spacial score (nSPS) is 20.4. The van der Waals surface area contributed by atoms with Crippen molar-refractivity contribution in [3.63, 3.8) is 0 Å². The van der Waals surface area contributed by atoms with Crippen LogP contribution in [0.5, 0.6) is 0 Å². The molecule has 4 aliphatic rings. The van der Waals surface area contributed by atoms with Gasteiger partial charge in [0.2, 0.25) is 11.8 Å². The predicted molar refractivity (Wildman–Crippen MR) is 173 cm³/mol. The maximum atomic E-state index is 14.0. The number of nitrogens with one attached hydrogen (secondary N) is 1. The number of hydrogen-bond donors (Lipinski definition) is 1. The van der Waals surface area contributed by atoms with Crippen molar-refractivity contribution in [2.75, 3.05) is 23.4 Å². The molecule has 2 bridgehead atoms. The molecule has 1 aliphatic heterocycles. The minimum atomic E-state index is -0.730. The molecule has 47 heavy (non-hydrogen) atoms. The van der Waals surface area contributed by atoms with Gasteiger partial charge in [-0.25, -0.2) is 14.5 Å². The second-order valence-corrected chi connectivity index (χ2v) is 12.5. The molecular weight excluding hydrogens is 596 g/mol. The van der Waals surface area contributed by atoms with E-state index in [2.05, 4.69) is 29.6 Å². The molecule has 1 heterocycles. The van der Waals surface area contributed by atoms with E-state index in [0.29, 0.717) is 23.5 Å². The second kappa shape index (κ2) is 12.0. The Morgan fingerprint density at radius 2 is 1.11 bits per heavy atom. The van der Waals surface area contributed by atoms with Crippen LogP contribution < -0.4 is 10.2 Å². The van der Waals surface area contributed by atoms with Gasteiger partial charge in [-0.15, -0.1) is 0 Å². The molecule has 1 fully saturated rings. The molecule has 0 unspecified atom stereocenters. The highest BCUT2D eigenvalue weighted by Crippen LogP contribution is 2.61. The molecule has 236 valence electrons. The summed E-state index contributed by atoms with van der Waals surface area (Å²) in [6.07, 6.45) is 0. The Bertz CT molecular complexity index is 1800. The van der Waals surface area contributed by atoms with Crippen molar-refractivity contribution in [3.8, 4) is 0 Å². The number of nitrogens with zero attached hydrogens (tertiary/aromatic N) is 1. The summed E-state index contributed by atoms with van der Waals surface area (Å²) < 4.78 is 10.4. The topological polar surface area (TPSA) is 119 Å². The monoisotopic (exact) mass is 628 g/mol. The maximum Gasteiger partial charge on any atom is 0.338 e. The zero-order valence-corrected chi connectivity index (χ0v) is 25.8. The molecule has 0 spiro atoms. The fourth-order valence-corrected chi connectivity index (χ4v) is 7.11. The molecule has 0 radical (unpaired) electrons. The molecule has 3 aliphatic carbocycles. The number of carbonyl (C=O) groups is 5. The van der Waals surface area contributed by atoms with Gasteiger partial charge in [-0.3, -0.25) is 14.4 Å². The van der Waals surface area contributed by atoms with Gasteiger partial charge in [0.05, 0.1) is 35.3 Å². The fraction of sp³-hybridized carbons (Fsp3) is 0.237. The van der Waals surface area contributed by atoms with Crippen LogP contribution in [0.1, 0.15) is 68.7 Å². The van der Waals surface area contributed by atoms with Gasteiger partial charge in [0, 0.05) is 17.5 Å². The number of imide groups is 1. The molecule has 4 aromatic carbocycles. The van der Waals surface area contributed by atoms with Crippen LogP contribution in [0.4, 0.5) is 11.4 Å². The van der Waals surface area contributed by atoms with Gasteiger partial charge < -0.3 is 14.8 Å². The summed E-state index contributed by atoms with van der Waals surface area (Å²) in [6, 6.07) is 28.4. The van der Waals surface area contributed by atoms with Gasteiger partial charge >= 0.3 is 11.9 Å². The van der Waals surface area contributed by atoms with Gasteiger partial charge in [0.25, 0.3) is 5.91 Å². The lowest BCUT2D eigenvalue weighted by Crippen LogP contribution is -2.41. The minimum Gasteiger partial charge on any atom is -0.462 e. The van der Waals surface area contributed by atoms with E-state index in [-0.39, 0.29) is 35.1 Å². The van der Waals surface area contributed by atoms with Crippen molar-refractivity contribution in [1.29, 1.82) is 0 Å². The zero-order chi connectivity index (χ0) is 32.8. The lowest BCUT2D eigenvalue weighted by Gasteiger charge is -2.45. The Hall–Kier alpha value is -5.57. The fourth-order valence-electron chi connectivity index (χ4n) is 7.11. The minimum absolute atomic E-state index is 0.169. The number of benzene rings is 4. The average molecular weight is 629 g/mol. The van der Waals surface area contributed by atoms with E-state index in [9.17, 15) is 24.0 Å². The third-order valence-electron chi connectivity index (χ3n) is 9.10. The Balaban J connectivity index is 0.998. The summed E-state index contributed by atoms with van der Waals surface area (Å²) in [7, 11) is 0. The largest absolute Gasteiger partial charge is 0.462 e. The summed E-state index contributed by atoms with van der Waals surface area (Å²) in [4.78, 5) is 66.4. The summed E-state index contributed by atoms with van der Waals surface area (Å²) in [6.45, 7) is 3.67. The van der Waals surface area contributed by atoms with E-state index in [1.54, 1.807) is 36.4 Å². The van der Waals surface area contributed by atoms with Gasteiger partial charge in [0.15, 0.2) is 6.61 Å². The van der Waals surface area contributed by atoms with Crippen LogP contribution in [0.3, 0.4) is 0 Å². The molecule has 2 atom stereocenters. The summed E-state index contributed by atoms with van der Waals surface area (Å²) in [5.74, 6) is -3.43. The van der Waals surface area contributed by atoms with E-state index in [0.717, 1.165) is 22.3 Å². The first-order chi connectivity index (χ1) is 22.7. The Labute approximate surface area is 271 Å². The van der Waals surface area contributed by atoms with E-state index in [1.165, 1.54) is 17.0 Å².